The summed E-state index contributed by atoms with van der Waals surface area (Å²) in [4.78, 5) is 12.0. The van der Waals surface area contributed by atoms with Crippen LogP contribution in [-0.4, -0.2) is 18.5 Å². The fourth-order valence-electron chi connectivity index (χ4n) is 2.81. The van der Waals surface area contributed by atoms with Gasteiger partial charge in [0.25, 0.3) is 0 Å². The number of anilines is 1. The lowest BCUT2D eigenvalue weighted by Gasteiger charge is -2.28. The van der Waals surface area contributed by atoms with Crippen LogP contribution in [0.15, 0.2) is 28.7 Å². The smallest absolute Gasteiger partial charge is 0.238 e. The van der Waals surface area contributed by atoms with Crippen LogP contribution in [-0.2, 0) is 4.79 Å². The molecule has 1 atom stereocenters. The number of hydrogen-bond acceptors (Lipinski definition) is 2. The Hall–Kier alpha value is -0.870. The highest BCUT2D eigenvalue weighted by atomic mass is 79.9. The number of carbonyl (C=O) groups is 1. The highest BCUT2D eigenvalue weighted by Gasteiger charge is 2.20. The zero-order valence-corrected chi connectivity index (χ0v) is 13.6. The van der Waals surface area contributed by atoms with Gasteiger partial charge in [-0.1, -0.05) is 31.4 Å². The zero-order valence-electron chi connectivity index (χ0n) is 12.0. The van der Waals surface area contributed by atoms with Crippen LogP contribution >= 0.6 is 15.9 Å². The second-order valence-corrected chi connectivity index (χ2v) is 6.45. The molecule has 1 aliphatic carbocycles. The van der Waals surface area contributed by atoms with E-state index in [0.717, 1.165) is 16.1 Å². The van der Waals surface area contributed by atoms with Crippen molar-refractivity contribution in [3.05, 3.63) is 28.7 Å². The van der Waals surface area contributed by atoms with Crippen molar-refractivity contribution in [2.24, 2.45) is 5.92 Å². The summed E-state index contributed by atoms with van der Waals surface area (Å²) in [6.07, 6.45) is 6.62. The van der Waals surface area contributed by atoms with E-state index >= 15 is 0 Å². The second kappa shape index (κ2) is 7.79. The number of benzene rings is 1. The lowest BCUT2D eigenvalue weighted by atomic mass is 9.84. The van der Waals surface area contributed by atoms with Crippen LogP contribution in [0.4, 0.5) is 5.69 Å². The van der Waals surface area contributed by atoms with Crippen LogP contribution in [0.3, 0.4) is 0 Å². The first kappa shape index (κ1) is 15.5. The molecule has 2 rings (SSSR count). The molecular weight excluding hydrogens is 316 g/mol. The van der Waals surface area contributed by atoms with Gasteiger partial charge in [0.2, 0.25) is 5.91 Å². The maximum absolute atomic E-state index is 12.0. The number of amides is 1. The molecule has 4 heteroatoms. The van der Waals surface area contributed by atoms with Gasteiger partial charge >= 0.3 is 0 Å². The molecule has 20 heavy (non-hydrogen) atoms. The Kier molecular flexibility index (Phi) is 6.05. The van der Waals surface area contributed by atoms with Gasteiger partial charge in [-0.2, -0.15) is 0 Å². The van der Waals surface area contributed by atoms with Gasteiger partial charge in [0.15, 0.2) is 0 Å². The van der Waals surface area contributed by atoms with Gasteiger partial charge in [0.1, 0.15) is 0 Å². The minimum atomic E-state index is 0.0135. The first-order valence-corrected chi connectivity index (χ1v) is 8.24. The predicted octanol–water partition coefficient (Wildman–Crippen LogP) is 3.95. The molecule has 0 saturated heterocycles. The van der Waals surface area contributed by atoms with Crippen molar-refractivity contribution < 1.29 is 4.79 Å². The number of hydrogen-bond donors (Lipinski definition) is 2. The van der Waals surface area contributed by atoms with E-state index in [0.29, 0.717) is 12.6 Å². The van der Waals surface area contributed by atoms with Gasteiger partial charge in [-0.3, -0.25) is 4.79 Å². The molecule has 1 fully saturated rings. The van der Waals surface area contributed by atoms with E-state index in [1.165, 1.54) is 32.1 Å². The minimum Gasteiger partial charge on any atom is -0.324 e. The van der Waals surface area contributed by atoms with Gasteiger partial charge in [0, 0.05) is 10.5 Å². The molecule has 110 valence electrons. The highest BCUT2D eigenvalue weighted by molar-refractivity contribution is 9.10. The third-order valence-electron chi connectivity index (χ3n) is 4.09. The SMILES string of the molecule is C[C@H](NCC(=O)Nc1ccccc1Br)C1CCCCC1. The van der Waals surface area contributed by atoms with Crippen LogP contribution in [0.5, 0.6) is 0 Å². The highest BCUT2D eigenvalue weighted by Crippen LogP contribution is 2.26. The van der Waals surface area contributed by atoms with Crippen molar-refractivity contribution in [3.8, 4) is 0 Å². The molecule has 1 aliphatic rings. The van der Waals surface area contributed by atoms with Crippen molar-refractivity contribution in [1.82, 2.24) is 5.32 Å². The summed E-state index contributed by atoms with van der Waals surface area (Å²) >= 11 is 3.43. The van der Waals surface area contributed by atoms with Gasteiger partial charge < -0.3 is 10.6 Å². The molecule has 0 radical (unpaired) electrons. The molecule has 2 N–H and O–H groups in total. The van der Waals surface area contributed by atoms with Crippen LogP contribution in [0.2, 0.25) is 0 Å². The standard InChI is InChI=1S/C16H23BrN2O/c1-12(13-7-3-2-4-8-13)18-11-16(20)19-15-10-6-5-9-14(15)17/h5-6,9-10,12-13,18H,2-4,7-8,11H2,1H3,(H,19,20)/t12-/m0/s1. The van der Waals surface area contributed by atoms with Crippen LogP contribution in [0, 0.1) is 5.92 Å². The molecular formula is C16H23BrN2O. The molecule has 0 unspecified atom stereocenters. The van der Waals surface area contributed by atoms with Gasteiger partial charge in [-0.15, -0.1) is 0 Å². The van der Waals surface area contributed by atoms with Crippen molar-refractivity contribution in [2.45, 2.75) is 45.1 Å². The molecule has 0 aromatic heterocycles. The van der Waals surface area contributed by atoms with E-state index in [1.54, 1.807) is 0 Å². The van der Waals surface area contributed by atoms with Gasteiger partial charge in [-0.05, 0) is 53.7 Å². The van der Waals surface area contributed by atoms with E-state index in [-0.39, 0.29) is 5.91 Å². The number of para-hydroxylation sites is 1. The number of rotatable bonds is 5. The fourth-order valence-corrected chi connectivity index (χ4v) is 3.20. The Morgan fingerprint density at radius 1 is 1.30 bits per heavy atom. The molecule has 1 aromatic rings. The molecule has 0 aliphatic heterocycles. The lowest BCUT2D eigenvalue weighted by molar-refractivity contribution is -0.115. The molecule has 0 spiro atoms. The quantitative estimate of drug-likeness (QED) is 0.853. The Balaban J connectivity index is 1.76. The van der Waals surface area contributed by atoms with Crippen LogP contribution < -0.4 is 10.6 Å². The Labute approximate surface area is 129 Å². The van der Waals surface area contributed by atoms with Gasteiger partial charge in [0.05, 0.1) is 12.2 Å². The molecule has 3 nitrogen and oxygen atoms in total. The summed E-state index contributed by atoms with van der Waals surface area (Å²) < 4.78 is 0.911. The lowest BCUT2D eigenvalue weighted by Crippen LogP contribution is -2.39. The summed E-state index contributed by atoms with van der Waals surface area (Å²) in [5, 5.41) is 6.28. The van der Waals surface area contributed by atoms with Crippen LogP contribution in [0.1, 0.15) is 39.0 Å². The molecule has 0 bridgehead atoms. The van der Waals surface area contributed by atoms with E-state index in [1.807, 2.05) is 24.3 Å². The number of nitrogens with one attached hydrogen (secondary N) is 2. The zero-order chi connectivity index (χ0) is 14.4. The van der Waals surface area contributed by atoms with Crippen molar-refractivity contribution in [3.63, 3.8) is 0 Å². The first-order valence-electron chi connectivity index (χ1n) is 7.44. The van der Waals surface area contributed by atoms with Crippen molar-refractivity contribution in [2.75, 3.05) is 11.9 Å². The number of halogens is 1. The van der Waals surface area contributed by atoms with Crippen molar-refractivity contribution in [1.29, 1.82) is 0 Å². The third-order valence-corrected chi connectivity index (χ3v) is 4.78. The maximum atomic E-state index is 12.0. The second-order valence-electron chi connectivity index (χ2n) is 5.60. The summed E-state index contributed by atoms with van der Waals surface area (Å²) in [5.41, 5.74) is 0.824. The Bertz CT molecular complexity index is 444. The summed E-state index contributed by atoms with van der Waals surface area (Å²) in [5.74, 6) is 0.736. The normalized spacial score (nSPS) is 17.7. The van der Waals surface area contributed by atoms with E-state index in [4.69, 9.17) is 0 Å². The molecule has 1 saturated carbocycles. The van der Waals surface area contributed by atoms with Crippen molar-refractivity contribution >= 4 is 27.5 Å². The maximum Gasteiger partial charge on any atom is 0.238 e. The van der Waals surface area contributed by atoms with Gasteiger partial charge in [-0.25, -0.2) is 0 Å². The van der Waals surface area contributed by atoms with E-state index < -0.39 is 0 Å². The Morgan fingerprint density at radius 3 is 2.70 bits per heavy atom. The van der Waals surface area contributed by atoms with E-state index in [9.17, 15) is 4.79 Å². The summed E-state index contributed by atoms with van der Waals surface area (Å²) in [6.45, 7) is 2.57. The minimum absolute atomic E-state index is 0.0135. The molecule has 1 aromatic carbocycles. The summed E-state index contributed by atoms with van der Waals surface area (Å²) in [6, 6.07) is 8.09. The van der Waals surface area contributed by atoms with E-state index in [2.05, 4.69) is 33.5 Å². The first-order chi connectivity index (χ1) is 9.66. The molecule has 0 heterocycles. The third kappa shape index (κ3) is 4.60. The molecule has 1 amide bonds. The Morgan fingerprint density at radius 2 is 2.00 bits per heavy atom. The average molecular weight is 339 g/mol. The largest absolute Gasteiger partial charge is 0.324 e. The fraction of sp³-hybridized carbons (Fsp3) is 0.562. The predicted molar refractivity (Wildman–Crippen MR) is 86.8 cm³/mol. The topological polar surface area (TPSA) is 41.1 Å². The monoisotopic (exact) mass is 338 g/mol. The number of carbonyl (C=O) groups excluding carboxylic acids is 1. The summed E-state index contributed by atoms with van der Waals surface area (Å²) in [7, 11) is 0. The average Bonchev–Trinajstić information content (AvgIpc) is 2.48. The van der Waals surface area contributed by atoms with Crippen LogP contribution in [0.25, 0.3) is 0 Å².